The van der Waals surface area contributed by atoms with Crippen molar-refractivity contribution in [2.45, 2.75) is 51.9 Å². The lowest BCUT2D eigenvalue weighted by molar-refractivity contribution is 0.607. The Balaban J connectivity index is 0.000000323. The van der Waals surface area contributed by atoms with Crippen molar-refractivity contribution in [3.63, 3.8) is 0 Å². The zero-order chi connectivity index (χ0) is 23.3. The first-order chi connectivity index (χ1) is 16.1. The lowest BCUT2D eigenvalue weighted by Crippen LogP contribution is -1.91. The molecule has 0 amide bonds. The van der Waals surface area contributed by atoms with Gasteiger partial charge in [0.1, 0.15) is 0 Å². The van der Waals surface area contributed by atoms with Crippen molar-refractivity contribution < 1.29 is 0 Å². The smallest absolute Gasteiger partial charge is 0.0390 e. The summed E-state index contributed by atoms with van der Waals surface area (Å²) in [6.07, 6.45) is 9.35. The summed E-state index contributed by atoms with van der Waals surface area (Å²) in [7, 11) is 0. The van der Waals surface area contributed by atoms with Gasteiger partial charge in [-0.05, 0) is 77.7 Å². The van der Waals surface area contributed by atoms with Gasteiger partial charge >= 0.3 is 0 Å². The number of anilines is 4. The summed E-state index contributed by atoms with van der Waals surface area (Å²) >= 11 is 0. The fourth-order valence-corrected chi connectivity index (χ4v) is 3.79. The molecule has 0 aliphatic heterocycles. The first-order valence-electron chi connectivity index (χ1n) is 12.1. The third kappa shape index (κ3) is 8.53. The molecular weight excluding hydrogens is 402 g/mol. The maximum absolute atomic E-state index is 5.37. The Kier molecular flexibility index (Phi) is 9.65. The number of rotatable bonds is 9. The fraction of sp³-hybridized carbons (Fsp3) is 0.267. The topological polar surface area (TPSA) is 64.1 Å². The van der Waals surface area contributed by atoms with Gasteiger partial charge in [0.2, 0.25) is 0 Å². The van der Waals surface area contributed by atoms with E-state index in [0.717, 1.165) is 22.7 Å². The van der Waals surface area contributed by atoms with Crippen LogP contribution in [0.5, 0.6) is 0 Å². The highest BCUT2D eigenvalue weighted by atomic mass is 14.9. The van der Waals surface area contributed by atoms with Gasteiger partial charge in [0.25, 0.3) is 0 Å². The molecule has 0 unspecified atom stereocenters. The summed E-state index contributed by atoms with van der Waals surface area (Å²) in [5, 5.41) is 6.06. The third-order valence-corrected chi connectivity index (χ3v) is 5.75. The van der Waals surface area contributed by atoms with Gasteiger partial charge in [-0.2, -0.15) is 0 Å². The standard InChI is InChI=1S/C24H29N.C6H8N2/c1-2-3-4-5-6-7-10-20-13-16-23(17-14-20)25-24-18-15-21-11-8-9-12-22(21)19-24;7-5-1-2-6(8)4-3-5/h8-9,11-19,25H,2-7,10H2,1H3;1-4H,7-8H2. The Morgan fingerprint density at radius 1 is 0.576 bits per heavy atom. The number of nitrogens with two attached hydrogens (primary N) is 2. The van der Waals surface area contributed by atoms with E-state index in [-0.39, 0.29) is 0 Å². The van der Waals surface area contributed by atoms with Gasteiger partial charge in [0, 0.05) is 22.7 Å². The van der Waals surface area contributed by atoms with Crippen LogP contribution in [0.15, 0.2) is 91.0 Å². The maximum Gasteiger partial charge on any atom is 0.0390 e. The number of nitrogen functional groups attached to an aromatic ring is 2. The molecule has 0 atom stereocenters. The minimum Gasteiger partial charge on any atom is -0.399 e. The molecule has 33 heavy (non-hydrogen) atoms. The van der Waals surface area contributed by atoms with Crippen LogP contribution >= 0.6 is 0 Å². The molecule has 0 heterocycles. The van der Waals surface area contributed by atoms with Crippen LogP contribution in [0.4, 0.5) is 22.7 Å². The summed E-state index contributed by atoms with van der Waals surface area (Å²) < 4.78 is 0. The van der Waals surface area contributed by atoms with Crippen LogP contribution in [0.3, 0.4) is 0 Å². The zero-order valence-corrected chi connectivity index (χ0v) is 19.8. The number of unbranched alkanes of at least 4 members (excludes halogenated alkanes) is 5. The van der Waals surface area contributed by atoms with Gasteiger partial charge in [-0.3, -0.25) is 0 Å². The molecule has 0 aromatic heterocycles. The summed E-state index contributed by atoms with van der Waals surface area (Å²) in [6.45, 7) is 2.27. The number of aryl methyl sites for hydroxylation is 1. The Morgan fingerprint density at radius 3 is 1.82 bits per heavy atom. The van der Waals surface area contributed by atoms with Crippen LogP contribution < -0.4 is 16.8 Å². The maximum atomic E-state index is 5.37. The summed E-state index contributed by atoms with van der Waals surface area (Å²) in [5.74, 6) is 0. The molecule has 4 aromatic carbocycles. The molecule has 0 aliphatic carbocycles. The average Bonchev–Trinajstić information content (AvgIpc) is 2.84. The Bertz CT molecular complexity index is 1060. The molecule has 3 nitrogen and oxygen atoms in total. The van der Waals surface area contributed by atoms with E-state index in [2.05, 4.69) is 79.0 Å². The molecule has 0 saturated carbocycles. The zero-order valence-electron chi connectivity index (χ0n) is 19.8. The van der Waals surface area contributed by atoms with Crippen LogP contribution in [-0.2, 0) is 6.42 Å². The average molecular weight is 440 g/mol. The number of nitrogens with one attached hydrogen (secondary N) is 1. The Morgan fingerprint density at radius 2 is 1.15 bits per heavy atom. The first kappa shape index (κ1) is 24.2. The van der Waals surface area contributed by atoms with Gasteiger partial charge in [0.15, 0.2) is 0 Å². The molecule has 172 valence electrons. The highest BCUT2D eigenvalue weighted by Crippen LogP contribution is 2.23. The normalized spacial score (nSPS) is 10.5. The van der Waals surface area contributed by atoms with Crippen molar-refractivity contribution in [3.8, 4) is 0 Å². The van der Waals surface area contributed by atoms with E-state index >= 15 is 0 Å². The molecule has 0 spiro atoms. The van der Waals surface area contributed by atoms with Crippen LogP contribution in [-0.4, -0.2) is 0 Å². The van der Waals surface area contributed by atoms with E-state index in [0.29, 0.717) is 0 Å². The molecular formula is C30H37N3. The van der Waals surface area contributed by atoms with Gasteiger partial charge in [-0.1, -0.05) is 81.5 Å². The van der Waals surface area contributed by atoms with Crippen molar-refractivity contribution in [2.24, 2.45) is 0 Å². The van der Waals surface area contributed by atoms with E-state index in [1.165, 1.54) is 61.3 Å². The monoisotopic (exact) mass is 439 g/mol. The molecule has 0 radical (unpaired) electrons. The number of benzene rings is 4. The molecule has 0 fully saturated rings. The van der Waals surface area contributed by atoms with Gasteiger partial charge < -0.3 is 16.8 Å². The lowest BCUT2D eigenvalue weighted by Gasteiger charge is -2.09. The SMILES string of the molecule is CCCCCCCCc1ccc(Nc2ccc3ccccc3c2)cc1.Nc1ccc(N)cc1. The number of fused-ring (bicyclic) bond motifs is 1. The number of hydrogen-bond acceptors (Lipinski definition) is 3. The van der Waals surface area contributed by atoms with Crippen molar-refractivity contribution in [2.75, 3.05) is 16.8 Å². The molecule has 3 heteroatoms. The second-order valence-electron chi connectivity index (χ2n) is 8.57. The highest BCUT2D eigenvalue weighted by molar-refractivity contribution is 5.86. The molecule has 0 aliphatic rings. The van der Waals surface area contributed by atoms with Crippen molar-refractivity contribution in [3.05, 3.63) is 96.6 Å². The fourth-order valence-electron chi connectivity index (χ4n) is 3.79. The molecule has 4 aromatic rings. The predicted molar refractivity (Wildman–Crippen MR) is 146 cm³/mol. The highest BCUT2D eigenvalue weighted by Gasteiger charge is 1.99. The van der Waals surface area contributed by atoms with Crippen LogP contribution in [0.25, 0.3) is 10.8 Å². The summed E-state index contributed by atoms with van der Waals surface area (Å²) in [5.41, 5.74) is 16.0. The summed E-state index contributed by atoms with van der Waals surface area (Å²) in [4.78, 5) is 0. The van der Waals surface area contributed by atoms with Crippen molar-refractivity contribution in [1.82, 2.24) is 0 Å². The van der Waals surface area contributed by atoms with E-state index in [1.54, 1.807) is 24.3 Å². The Hall–Kier alpha value is -3.46. The third-order valence-electron chi connectivity index (χ3n) is 5.75. The van der Waals surface area contributed by atoms with E-state index in [1.807, 2.05) is 0 Å². The molecule has 5 N–H and O–H groups in total. The molecule has 4 rings (SSSR count). The number of hydrogen-bond donors (Lipinski definition) is 3. The van der Waals surface area contributed by atoms with Crippen molar-refractivity contribution in [1.29, 1.82) is 0 Å². The minimum atomic E-state index is 0.749. The first-order valence-corrected chi connectivity index (χ1v) is 12.1. The van der Waals surface area contributed by atoms with Gasteiger partial charge in [-0.15, -0.1) is 0 Å². The molecule has 0 saturated heterocycles. The van der Waals surface area contributed by atoms with Crippen molar-refractivity contribution >= 4 is 33.5 Å². The van der Waals surface area contributed by atoms with Crippen LogP contribution in [0.2, 0.25) is 0 Å². The largest absolute Gasteiger partial charge is 0.399 e. The van der Waals surface area contributed by atoms with Gasteiger partial charge in [0.05, 0.1) is 0 Å². The predicted octanol–water partition coefficient (Wildman–Crippen LogP) is 8.34. The second kappa shape index (κ2) is 13.2. The van der Waals surface area contributed by atoms with E-state index in [4.69, 9.17) is 11.5 Å². The second-order valence-corrected chi connectivity index (χ2v) is 8.57. The lowest BCUT2D eigenvalue weighted by atomic mass is 10.0. The Labute approximate surface area is 198 Å². The molecule has 0 bridgehead atoms. The van der Waals surface area contributed by atoms with Crippen LogP contribution in [0, 0.1) is 0 Å². The van der Waals surface area contributed by atoms with E-state index in [9.17, 15) is 0 Å². The van der Waals surface area contributed by atoms with Crippen LogP contribution in [0.1, 0.15) is 51.0 Å². The quantitative estimate of drug-likeness (QED) is 0.181. The minimum absolute atomic E-state index is 0.749. The van der Waals surface area contributed by atoms with Gasteiger partial charge in [-0.25, -0.2) is 0 Å². The summed E-state index contributed by atoms with van der Waals surface area (Å²) in [6, 6.07) is 31.0. The van der Waals surface area contributed by atoms with E-state index < -0.39 is 0 Å².